The molecule has 0 aliphatic rings. The minimum Gasteiger partial charge on any atom is -0.440 e. The monoisotopic (exact) mass is 335 g/mol. The predicted molar refractivity (Wildman–Crippen MR) is 88.9 cm³/mol. The van der Waals surface area contributed by atoms with E-state index in [1.807, 2.05) is 24.3 Å². The van der Waals surface area contributed by atoms with E-state index in [1.165, 1.54) is 18.2 Å². The molecule has 1 heterocycles. The van der Waals surface area contributed by atoms with Crippen molar-refractivity contribution in [2.24, 2.45) is 0 Å². The molecule has 124 valence electrons. The number of rotatable bonds is 4. The zero-order chi connectivity index (χ0) is 17.8. The third-order valence-corrected chi connectivity index (χ3v) is 3.61. The lowest BCUT2D eigenvalue weighted by Gasteiger charge is -2.12. The van der Waals surface area contributed by atoms with E-state index in [1.54, 1.807) is 25.1 Å². The number of nitriles is 1. The summed E-state index contributed by atoms with van der Waals surface area (Å²) in [6.45, 7) is 1.63. The second kappa shape index (κ2) is 6.97. The van der Waals surface area contributed by atoms with Crippen molar-refractivity contribution < 1.29 is 13.6 Å². The molecule has 0 bridgehead atoms. The molecule has 0 fully saturated rings. The SMILES string of the molecule is Cc1nc(C(=O)N[C@H](C#N)c2ccccc2F)c(-c2ccccc2)o1. The maximum atomic E-state index is 13.9. The minimum atomic E-state index is -1.13. The van der Waals surface area contributed by atoms with Gasteiger partial charge in [0.05, 0.1) is 6.07 Å². The normalized spacial score (nSPS) is 11.6. The Bertz CT molecular complexity index is 945. The number of benzene rings is 2. The van der Waals surface area contributed by atoms with Gasteiger partial charge in [0.15, 0.2) is 17.3 Å². The quantitative estimate of drug-likeness (QED) is 0.787. The zero-order valence-corrected chi connectivity index (χ0v) is 13.4. The van der Waals surface area contributed by atoms with Crippen molar-refractivity contribution in [1.82, 2.24) is 10.3 Å². The number of aromatic nitrogens is 1. The van der Waals surface area contributed by atoms with Crippen molar-refractivity contribution in [1.29, 1.82) is 5.26 Å². The van der Waals surface area contributed by atoms with Gasteiger partial charge in [0.25, 0.3) is 5.91 Å². The fourth-order valence-corrected chi connectivity index (χ4v) is 2.45. The first-order chi connectivity index (χ1) is 12.1. The van der Waals surface area contributed by atoms with Crippen molar-refractivity contribution in [3.05, 3.63) is 77.6 Å². The zero-order valence-electron chi connectivity index (χ0n) is 13.4. The summed E-state index contributed by atoms with van der Waals surface area (Å²) >= 11 is 0. The number of carbonyl (C=O) groups excluding carboxylic acids is 1. The topological polar surface area (TPSA) is 78.9 Å². The molecule has 1 atom stereocenters. The van der Waals surface area contributed by atoms with Gasteiger partial charge < -0.3 is 9.73 Å². The van der Waals surface area contributed by atoms with E-state index in [2.05, 4.69) is 10.3 Å². The third-order valence-electron chi connectivity index (χ3n) is 3.61. The Morgan fingerprint density at radius 1 is 1.20 bits per heavy atom. The maximum Gasteiger partial charge on any atom is 0.275 e. The first-order valence-electron chi connectivity index (χ1n) is 7.58. The number of amides is 1. The van der Waals surface area contributed by atoms with Crippen molar-refractivity contribution in [3.8, 4) is 17.4 Å². The van der Waals surface area contributed by atoms with Gasteiger partial charge in [0.2, 0.25) is 0 Å². The van der Waals surface area contributed by atoms with E-state index in [-0.39, 0.29) is 11.3 Å². The number of hydrogen-bond donors (Lipinski definition) is 1. The Hall–Kier alpha value is -3.46. The number of nitrogens with zero attached hydrogens (tertiary/aromatic N) is 2. The van der Waals surface area contributed by atoms with Crippen molar-refractivity contribution in [2.75, 3.05) is 0 Å². The predicted octanol–water partition coefficient (Wildman–Crippen LogP) is 3.78. The largest absolute Gasteiger partial charge is 0.440 e. The first kappa shape index (κ1) is 16.4. The van der Waals surface area contributed by atoms with E-state index in [9.17, 15) is 14.4 Å². The lowest BCUT2D eigenvalue weighted by Crippen LogP contribution is -2.29. The van der Waals surface area contributed by atoms with E-state index in [0.717, 1.165) is 0 Å². The molecule has 0 radical (unpaired) electrons. The van der Waals surface area contributed by atoms with Crippen molar-refractivity contribution >= 4 is 5.91 Å². The summed E-state index contributed by atoms with van der Waals surface area (Å²) in [5.41, 5.74) is 0.841. The van der Waals surface area contributed by atoms with Crippen LogP contribution >= 0.6 is 0 Å². The van der Waals surface area contributed by atoms with Gasteiger partial charge in [0, 0.05) is 18.1 Å². The molecule has 3 aromatic rings. The Morgan fingerprint density at radius 2 is 1.88 bits per heavy atom. The summed E-state index contributed by atoms with van der Waals surface area (Å²) in [6, 6.07) is 15.6. The Balaban J connectivity index is 1.92. The summed E-state index contributed by atoms with van der Waals surface area (Å²) in [4.78, 5) is 16.7. The van der Waals surface area contributed by atoms with Gasteiger partial charge in [-0.05, 0) is 6.07 Å². The molecule has 0 aliphatic heterocycles. The highest BCUT2D eigenvalue weighted by Gasteiger charge is 2.24. The van der Waals surface area contributed by atoms with E-state index < -0.39 is 17.8 Å². The molecule has 0 spiro atoms. The summed E-state index contributed by atoms with van der Waals surface area (Å²) in [7, 11) is 0. The Labute approximate surface area is 143 Å². The fourth-order valence-electron chi connectivity index (χ4n) is 2.45. The van der Waals surface area contributed by atoms with Crippen LogP contribution in [0.4, 0.5) is 4.39 Å². The fraction of sp³-hybridized carbons (Fsp3) is 0.105. The molecular formula is C19H14FN3O2. The van der Waals surface area contributed by atoms with Crippen LogP contribution in [0.5, 0.6) is 0 Å². The third kappa shape index (κ3) is 3.40. The van der Waals surface area contributed by atoms with Crippen molar-refractivity contribution in [3.63, 3.8) is 0 Å². The summed E-state index contributed by atoms with van der Waals surface area (Å²) in [5.74, 6) is -0.538. The molecule has 6 heteroatoms. The van der Waals surface area contributed by atoms with Gasteiger partial charge in [-0.15, -0.1) is 0 Å². The second-order valence-electron chi connectivity index (χ2n) is 5.33. The average Bonchev–Trinajstić information content (AvgIpc) is 3.03. The highest BCUT2D eigenvalue weighted by atomic mass is 19.1. The summed E-state index contributed by atoms with van der Waals surface area (Å²) < 4.78 is 19.4. The highest BCUT2D eigenvalue weighted by Crippen LogP contribution is 2.25. The average molecular weight is 335 g/mol. The Morgan fingerprint density at radius 3 is 2.56 bits per heavy atom. The molecule has 0 saturated carbocycles. The van der Waals surface area contributed by atoms with Gasteiger partial charge in [-0.1, -0.05) is 48.5 Å². The lowest BCUT2D eigenvalue weighted by atomic mass is 10.1. The molecule has 5 nitrogen and oxygen atoms in total. The van der Waals surface area contributed by atoms with Gasteiger partial charge >= 0.3 is 0 Å². The van der Waals surface area contributed by atoms with E-state index in [4.69, 9.17) is 4.42 Å². The van der Waals surface area contributed by atoms with E-state index >= 15 is 0 Å². The molecule has 0 aliphatic carbocycles. The molecule has 0 saturated heterocycles. The highest BCUT2D eigenvalue weighted by molar-refractivity contribution is 5.98. The van der Waals surface area contributed by atoms with Crippen LogP contribution in [0, 0.1) is 24.1 Å². The van der Waals surface area contributed by atoms with Crippen LogP contribution in [-0.4, -0.2) is 10.9 Å². The summed E-state index contributed by atoms with van der Waals surface area (Å²) in [6.07, 6.45) is 0. The second-order valence-corrected chi connectivity index (χ2v) is 5.33. The van der Waals surface area contributed by atoms with Crippen LogP contribution in [0.25, 0.3) is 11.3 Å². The molecule has 1 amide bonds. The van der Waals surface area contributed by atoms with Gasteiger partial charge in [-0.3, -0.25) is 4.79 Å². The first-order valence-corrected chi connectivity index (χ1v) is 7.58. The van der Waals surface area contributed by atoms with Crippen LogP contribution in [-0.2, 0) is 0 Å². The lowest BCUT2D eigenvalue weighted by molar-refractivity contribution is 0.0940. The molecule has 2 aromatic carbocycles. The molecule has 25 heavy (non-hydrogen) atoms. The van der Waals surface area contributed by atoms with Gasteiger partial charge in [0.1, 0.15) is 11.9 Å². The number of halogens is 1. The number of nitrogens with one attached hydrogen (secondary N) is 1. The number of hydrogen-bond acceptors (Lipinski definition) is 4. The number of oxazole rings is 1. The molecule has 3 rings (SSSR count). The van der Waals surface area contributed by atoms with Gasteiger partial charge in [-0.25, -0.2) is 9.37 Å². The standard InChI is InChI=1S/C19H14FN3O2/c1-12-22-17(18(25-12)13-7-3-2-4-8-13)19(24)23-16(11-21)14-9-5-6-10-15(14)20/h2-10,16H,1H3,(H,23,24)/t16-/m1/s1. The number of carbonyl (C=O) groups is 1. The van der Waals surface area contributed by atoms with Crippen LogP contribution in [0.2, 0.25) is 0 Å². The van der Waals surface area contributed by atoms with Crippen LogP contribution < -0.4 is 5.32 Å². The molecule has 1 aromatic heterocycles. The van der Waals surface area contributed by atoms with Crippen LogP contribution in [0.1, 0.15) is 28.0 Å². The number of aryl methyl sites for hydroxylation is 1. The minimum absolute atomic E-state index is 0.0558. The van der Waals surface area contributed by atoms with Crippen LogP contribution in [0.3, 0.4) is 0 Å². The van der Waals surface area contributed by atoms with Crippen LogP contribution in [0.15, 0.2) is 59.0 Å². The smallest absolute Gasteiger partial charge is 0.275 e. The molecule has 0 unspecified atom stereocenters. The van der Waals surface area contributed by atoms with E-state index in [0.29, 0.717) is 17.2 Å². The maximum absolute atomic E-state index is 13.9. The van der Waals surface area contributed by atoms with Gasteiger partial charge in [-0.2, -0.15) is 5.26 Å². The summed E-state index contributed by atoms with van der Waals surface area (Å²) in [5, 5.41) is 11.8. The van der Waals surface area contributed by atoms with Crippen molar-refractivity contribution in [2.45, 2.75) is 13.0 Å². The molecular weight excluding hydrogens is 321 g/mol. The Kier molecular flexibility index (Phi) is 4.57. The molecule has 1 N–H and O–H groups in total.